The van der Waals surface area contributed by atoms with E-state index in [-0.39, 0.29) is 36.0 Å². The highest BCUT2D eigenvalue weighted by Gasteiger charge is 2.20. The van der Waals surface area contributed by atoms with Crippen molar-refractivity contribution in [1.82, 2.24) is 5.32 Å². The van der Waals surface area contributed by atoms with Crippen LogP contribution < -0.4 is 14.8 Å². The van der Waals surface area contributed by atoms with Gasteiger partial charge in [0.1, 0.15) is 24.0 Å². The Morgan fingerprint density at radius 2 is 1.68 bits per heavy atom. The van der Waals surface area contributed by atoms with Crippen LogP contribution in [0.2, 0.25) is 0 Å². The van der Waals surface area contributed by atoms with Gasteiger partial charge in [0.2, 0.25) is 15.9 Å². The average molecular weight is 531 g/mol. The fourth-order valence-electron chi connectivity index (χ4n) is 3.61. The standard InChI is InChI=1S/C28H32F2N2O4S/c1-18(20-9-13-25(24(30)14-20)32-37(5,34)35)27(33)31-16-21-8-10-22(28(2,3)4)15-26(21)36-17-19-6-11-23(29)12-7-19/h6-15,18,32H,16-17H2,1-5H3,(H,31,33). The zero-order valence-electron chi connectivity index (χ0n) is 21.6. The van der Waals surface area contributed by atoms with Crippen molar-refractivity contribution in [3.63, 3.8) is 0 Å². The first-order chi connectivity index (χ1) is 17.2. The molecule has 9 heteroatoms. The molecule has 0 fully saturated rings. The highest BCUT2D eigenvalue weighted by molar-refractivity contribution is 7.92. The molecule has 0 aliphatic rings. The monoisotopic (exact) mass is 530 g/mol. The SMILES string of the molecule is CC(C(=O)NCc1ccc(C(C)(C)C)cc1OCc1ccc(F)cc1)c1ccc(NS(C)(=O)=O)c(F)c1. The molecule has 3 aromatic rings. The number of benzene rings is 3. The van der Waals surface area contributed by atoms with Crippen molar-refractivity contribution >= 4 is 21.6 Å². The second-order valence-corrected chi connectivity index (χ2v) is 11.8. The highest BCUT2D eigenvalue weighted by atomic mass is 32.2. The molecule has 1 amide bonds. The van der Waals surface area contributed by atoms with Crippen LogP contribution >= 0.6 is 0 Å². The van der Waals surface area contributed by atoms with Gasteiger partial charge in [-0.15, -0.1) is 0 Å². The third-order valence-electron chi connectivity index (χ3n) is 5.88. The number of sulfonamides is 1. The third-order valence-corrected chi connectivity index (χ3v) is 6.47. The van der Waals surface area contributed by atoms with Crippen LogP contribution in [-0.4, -0.2) is 20.6 Å². The van der Waals surface area contributed by atoms with E-state index < -0.39 is 21.8 Å². The minimum atomic E-state index is -3.63. The lowest BCUT2D eigenvalue weighted by atomic mass is 9.86. The zero-order valence-corrected chi connectivity index (χ0v) is 22.4. The van der Waals surface area contributed by atoms with Crippen LogP contribution in [0.4, 0.5) is 14.5 Å². The molecule has 0 bridgehead atoms. The van der Waals surface area contributed by atoms with E-state index in [0.717, 1.165) is 29.0 Å². The Kier molecular flexibility index (Phi) is 8.58. The van der Waals surface area contributed by atoms with E-state index in [4.69, 9.17) is 4.74 Å². The van der Waals surface area contributed by atoms with Crippen molar-refractivity contribution < 1.29 is 26.7 Å². The molecule has 0 saturated carbocycles. The van der Waals surface area contributed by atoms with Crippen molar-refractivity contribution in [2.75, 3.05) is 11.0 Å². The van der Waals surface area contributed by atoms with E-state index in [9.17, 15) is 22.0 Å². The largest absolute Gasteiger partial charge is 0.489 e. The summed E-state index contributed by atoms with van der Waals surface area (Å²) in [7, 11) is -3.63. The number of carbonyl (C=O) groups is 1. The minimum Gasteiger partial charge on any atom is -0.489 e. The molecule has 1 atom stereocenters. The summed E-state index contributed by atoms with van der Waals surface area (Å²) in [4.78, 5) is 12.9. The summed E-state index contributed by atoms with van der Waals surface area (Å²) in [6.45, 7) is 8.32. The average Bonchev–Trinajstić information content (AvgIpc) is 2.81. The second kappa shape index (κ2) is 11.3. The number of carbonyl (C=O) groups excluding carboxylic acids is 1. The highest BCUT2D eigenvalue weighted by Crippen LogP contribution is 2.30. The van der Waals surface area contributed by atoms with Crippen molar-refractivity contribution in [2.45, 2.75) is 52.2 Å². The minimum absolute atomic E-state index is 0.119. The van der Waals surface area contributed by atoms with Crippen molar-refractivity contribution in [1.29, 1.82) is 0 Å². The number of hydrogen-bond acceptors (Lipinski definition) is 4. The van der Waals surface area contributed by atoms with Crippen LogP contribution in [0.15, 0.2) is 60.7 Å². The van der Waals surface area contributed by atoms with E-state index >= 15 is 0 Å². The van der Waals surface area contributed by atoms with E-state index in [1.54, 1.807) is 19.1 Å². The molecule has 37 heavy (non-hydrogen) atoms. The van der Waals surface area contributed by atoms with E-state index in [0.29, 0.717) is 11.3 Å². The summed E-state index contributed by atoms with van der Waals surface area (Å²) in [5.41, 5.74) is 2.73. The Hall–Kier alpha value is -3.46. The fourth-order valence-corrected chi connectivity index (χ4v) is 4.18. The van der Waals surface area contributed by atoms with Crippen LogP contribution in [0, 0.1) is 11.6 Å². The van der Waals surface area contributed by atoms with E-state index in [1.165, 1.54) is 24.3 Å². The smallest absolute Gasteiger partial charge is 0.229 e. The maximum absolute atomic E-state index is 14.4. The molecule has 6 nitrogen and oxygen atoms in total. The predicted octanol–water partition coefficient (Wildman–Crippen LogP) is 5.63. The van der Waals surface area contributed by atoms with Gasteiger partial charge in [-0.25, -0.2) is 17.2 Å². The van der Waals surface area contributed by atoms with Gasteiger partial charge >= 0.3 is 0 Å². The molecule has 0 radical (unpaired) electrons. The van der Waals surface area contributed by atoms with Gasteiger partial charge in [0.05, 0.1) is 17.9 Å². The molecule has 3 aromatic carbocycles. The number of anilines is 1. The first-order valence-electron chi connectivity index (χ1n) is 11.8. The zero-order chi connectivity index (χ0) is 27.4. The molecule has 0 saturated heterocycles. The lowest BCUT2D eigenvalue weighted by Crippen LogP contribution is -2.28. The van der Waals surface area contributed by atoms with Crippen LogP contribution in [0.25, 0.3) is 0 Å². The molecule has 1 unspecified atom stereocenters. The number of ether oxygens (including phenoxy) is 1. The van der Waals surface area contributed by atoms with Gasteiger partial charge in [-0.3, -0.25) is 9.52 Å². The first-order valence-corrected chi connectivity index (χ1v) is 13.7. The Morgan fingerprint density at radius 3 is 2.27 bits per heavy atom. The molecule has 0 aliphatic carbocycles. The molecular weight excluding hydrogens is 498 g/mol. The summed E-state index contributed by atoms with van der Waals surface area (Å²) in [6.07, 6.45) is 0.933. The number of rotatable bonds is 9. The predicted molar refractivity (Wildman–Crippen MR) is 141 cm³/mol. The molecule has 0 heterocycles. The van der Waals surface area contributed by atoms with Crippen molar-refractivity contribution in [3.05, 3.63) is 94.6 Å². The van der Waals surface area contributed by atoms with Crippen molar-refractivity contribution in [2.24, 2.45) is 0 Å². The van der Waals surface area contributed by atoms with E-state index in [2.05, 4.69) is 30.8 Å². The summed E-state index contributed by atoms with van der Waals surface area (Å²) >= 11 is 0. The maximum atomic E-state index is 14.4. The molecule has 3 rings (SSSR count). The number of hydrogen-bond donors (Lipinski definition) is 2. The molecule has 2 N–H and O–H groups in total. The second-order valence-electron chi connectivity index (χ2n) is 10.0. The topological polar surface area (TPSA) is 84.5 Å². The Bertz CT molecular complexity index is 1370. The third kappa shape index (κ3) is 8.01. The van der Waals surface area contributed by atoms with Gasteiger partial charge in [0.15, 0.2) is 0 Å². The Balaban J connectivity index is 1.74. The summed E-state index contributed by atoms with van der Waals surface area (Å²) in [6, 6.07) is 15.8. The van der Waals surface area contributed by atoms with Crippen LogP contribution in [0.1, 0.15) is 55.9 Å². The Morgan fingerprint density at radius 1 is 1.00 bits per heavy atom. The summed E-state index contributed by atoms with van der Waals surface area (Å²) in [5, 5.41) is 2.87. The molecule has 198 valence electrons. The maximum Gasteiger partial charge on any atom is 0.229 e. The molecular formula is C28H32F2N2O4S. The van der Waals surface area contributed by atoms with Crippen LogP contribution in [0.3, 0.4) is 0 Å². The number of halogens is 2. The van der Waals surface area contributed by atoms with Gasteiger partial charge < -0.3 is 10.1 Å². The van der Waals surface area contributed by atoms with E-state index in [1.807, 2.05) is 18.2 Å². The summed E-state index contributed by atoms with van der Waals surface area (Å²) in [5.74, 6) is -1.49. The normalized spacial score (nSPS) is 12.6. The van der Waals surface area contributed by atoms with Crippen LogP contribution in [-0.2, 0) is 33.4 Å². The van der Waals surface area contributed by atoms with Gasteiger partial charge in [0.25, 0.3) is 0 Å². The van der Waals surface area contributed by atoms with Gasteiger partial charge in [-0.05, 0) is 59.4 Å². The van der Waals surface area contributed by atoms with Crippen molar-refractivity contribution in [3.8, 4) is 5.75 Å². The van der Waals surface area contributed by atoms with Gasteiger partial charge in [0, 0.05) is 12.1 Å². The quantitative estimate of drug-likeness (QED) is 0.375. The number of amides is 1. The first kappa shape index (κ1) is 28.1. The van der Waals surface area contributed by atoms with Crippen LogP contribution in [0.5, 0.6) is 5.75 Å². The number of nitrogens with one attached hydrogen (secondary N) is 2. The van der Waals surface area contributed by atoms with Gasteiger partial charge in [-0.1, -0.05) is 51.1 Å². The lowest BCUT2D eigenvalue weighted by molar-refractivity contribution is -0.122. The molecule has 0 spiro atoms. The lowest BCUT2D eigenvalue weighted by Gasteiger charge is -2.22. The Labute approximate surface area is 217 Å². The van der Waals surface area contributed by atoms with Gasteiger partial charge in [-0.2, -0.15) is 0 Å². The molecule has 0 aliphatic heterocycles. The fraction of sp³-hybridized carbons (Fsp3) is 0.321. The summed E-state index contributed by atoms with van der Waals surface area (Å²) < 4.78 is 58.6. The molecule has 0 aromatic heterocycles.